The lowest BCUT2D eigenvalue weighted by Gasteiger charge is -2.40. The van der Waals surface area contributed by atoms with Gasteiger partial charge in [-0.05, 0) is 30.3 Å². The molecule has 2 aliphatic rings. The number of carbonyl (C=O) groups is 1. The zero-order valence-electron chi connectivity index (χ0n) is 19.5. The molecule has 3 atom stereocenters. The number of rotatable bonds is 7. The maximum Gasteiger partial charge on any atom is 0.456 e. The molecule has 1 aromatic heterocycles. The van der Waals surface area contributed by atoms with Crippen LogP contribution in [0, 0.1) is 11.7 Å². The summed E-state index contributed by atoms with van der Waals surface area (Å²) in [5, 5.41) is 2.33. The van der Waals surface area contributed by atoms with E-state index in [9.17, 15) is 44.3 Å². The molecule has 1 aliphatic heterocycles. The lowest BCUT2D eigenvalue weighted by Crippen LogP contribution is -2.48. The summed E-state index contributed by atoms with van der Waals surface area (Å²) >= 11 is 0. The first-order chi connectivity index (χ1) is 18.1. The second-order valence-corrected chi connectivity index (χ2v) is 9.05. The van der Waals surface area contributed by atoms with E-state index < -0.39 is 90.8 Å². The third kappa shape index (κ3) is 5.54. The minimum absolute atomic E-state index is 0.113. The van der Waals surface area contributed by atoms with Crippen LogP contribution in [0.2, 0.25) is 0 Å². The van der Waals surface area contributed by atoms with Gasteiger partial charge in [-0.15, -0.1) is 0 Å². The number of alkyl halides is 8. The summed E-state index contributed by atoms with van der Waals surface area (Å²) in [6.07, 6.45) is -7.94. The molecule has 16 heteroatoms. The van der Waals surface area contributed by atoms with Crippen LogP contribution >= 0.6 is 0 Å². The van der Waals surface area contributed by atoms with E-state index in [1.165, 1.54) is 0 Å². The average molecular weight is 570 g/mol. The highest BCUT2D eigenvalue weighted by Crippen LogP contribution is 2.53. The number of fused-ring (bicyclic) bond motifs is 1. The third-order valence-electron chi connectivity index (χ3n) is 6.36. The first-order valence-electron chi connectivity index (χ1n) is 11.2. The van der Waals surface area contributed by atoms with E-state index in [1.807, 2.05) is 0 Å². The smallest absolute Gasteiger partial charge is 0.456 e. The molecular weight excluding hydrogens is 551 g/mol. The number of nitrogens with one attached hydrogen (secondary N) is 1. The fourth-order valence-corrected chi connectivity index (χ4v) is 4.48. The maximum absolute atomic E-state index is 14.9. The van der Waals surface area contributed by atoms with Gasteiger partial charge in [0.2, 0.25) is 0 Å². The molecular formula is C23H19F9N4O3. The van der Waals surface area contributed by atoms with Crippen LogP contribution in [0.3, 0.4) is 0 Å². The number of nitrogens with zero attached hydrogens (tertiary/aromatic N) is 2. The Hall–Kier alpha value is -3.72. The van der Waals surface area contributed by atoms with Gasteiger partial charge in [-0.1, -0.05) is 0 Å². The van der Waals surface area contributed by atoms with E-state index in [2.05, 4.69) is 20.0 Å². The number of nitrogens with two attached hydrogens (primary N) is 1. The SMILES string of the molecule is NC1=NC(CF)(c2cc(NC(=O)c3ccc(OCC(F)(F)C(F)(F)F)cn3)ccc2F)C2CC(F)(F)C[C@@H]2O1. The van der Waals surface area contributed by atoms with Gasteiger partial charge in [-0.2, -0.15) is 22.0 Å². The summed E-state index contributed by atoms with van der Waals surface area (Å²) in [5.74, 6) is -12.1. The normalized spacial score (nSPS) is 24.4. The molecule has 1 aliphatic carbocycles. The van der Waals surface area contributed by atoms with Gasteiger partial charge in [-0.3, -0.25) is 4.79 Å². The van der Waals surface area contributed by atoms with Gasteiger partial charge in [0.15, 0.2) is 6.61 Å². The van der Waals surface area contributed by atoms with Crippen LogP contribution in [0.25, 0.3) is 0 Å². The van der Waals surface area contributed by atoms with Crippen LogP contribution in [0.15, 0.2) is 41.5 Å². The highest BCUT2D eigenvalue weighted by molar-refractivity contribution is 6.02. The van der Waals surface area contributed by atoms with E-state index in [0.717, 1.165) is 36.5 Å². The van der Waals surface area contributed by atoms with Crippen LogP contribution in [0.5, 0.6) is 5.75 Å². The number of amides is 1. The van der Waals surface area contributed by atoms with Gasteiger partial charge >= 0.3 is 12.1 Å². The first-order valence-corrected chi connectivity index (χ1v) is 11.2. The Kier molecular flexibility index (Phi) is 7.10. The van der Waals surface area contributed by atoms with Gasteiger partial charge in [0.25, 0.3) is 17.9 Å². The van der Waals surface area contributed by atoms with Gasteiger partial charge in [0, 0.05) is 30.0 Å². The second kappa shape index (κ2) is 9.79. The fraction of sp³-hybridized carbons (Fsp3) is 0.435. The van der Waals surface area contributed by atoms with Crippen LogP contribution in [0.4, 0.5) is 45.2 Å². The van der Waals surface area contributed by atoms with E-state index in [4.69, 9.17) is 10.5 Å². The molecule has 1 amide bonds. The number of aliphatic imine (C=N–C) groups is 1. The number of hydrogen-bond donors (Lipinski definition) is 2. The highest BCUT2D eigenvalue weighted by Gasteiger charge is 2.60. The monoisotopic (exact) mass is 570 g/mol. The molecule has 2 aromatic rings. The molecule has 1 aromatic carbocycles. The highest BCUT2D eigenvalue weighted by atomic mass is 19.4. The quantitative estimate of drug-likeness (QED) is 0.458. The number of pyridine rings is 1. The average Bonchev–Trinajstić information content (AvgIpc) is 3.17. The minimum atomic E-state index is -5.82. The Bertz CT molecular complexity index is 1270. The third-order valence-corrected chi connectivity index (χ3v) is 6.36. The Morgan fingerprint density at radius 1 is 1.15 bits per heavy atom. The summed E-state index contributed by atoms with van der Waals surface area (Å²) in [6, 6.07) is 4.23. The lowest BCUT2D eigenvalue weighted by atomic mass is 9.76. The van der Waals surface area contributed by atoms with Crippen molar-refractivity contribution >= 4 is 17.6 Å². The predicted octanol–water partition coefficient (Wildman–Crippen LogP) is 4.97. The van der Waals surface area contributed by atoms with Gasteiger partial charge in [0.05, 0.1) is 6.20 Å². The number of benzene rings is 1. The van der Waals surface area contributed by atoms with Crippen molar-refractivity contribution in [3.63, 3.8) is 0 Å². The summed E-state index contributed by atoms with van der Waals surface area (Å²) in [6.45, 7) is -3.41. The van der Waals surface area contributed by atoms with Crippen molar-refractivity contribution in [3.05, 3.63) is 53.6 Å². The Morgan fingerprint density at radius 2 is 1.87 bits per heavy atom. The van der Waals surface area contributed by atoms with Crippen molar-refractivity contribution in [1.82, 2.24) is 4.98 Å². The predicted molar refractivity (Wildman–Crippen MR) is 117 cm³/mol. The largest absolute Gasteiger partial charge is 0.485 e. The van der Waals surface area contributed by atoms with Crippen molar-refractivity contribution in [2.75, 3.05) is 18.6 Å². The van der Waals surface area contributed by atoms with E-state index >= 15 is 0 Å². The standard InChI is InChI=1S/C23H19F9N4O3/c24-9-21(14-6-20(26,27)7-17(14)39-19(33)36-21)13-5-11(1-3-15(13)25)35-18(37)16-4-2-12(8-34-16)38-10-22(28,29)23(30,31)32/h1-5,8,14,17H,6-7,9-10H2,(H2,33,36)(H,35,37)/t14?,17-,21?/m0/s1. The van der Waals surface area contributed by atoms with Crippen molar-refractivity contribution in [2.45, 2.75) is 42.5 Å². The molecule has 0 spiro atoms. The number of carbonyl (C=O) groups excluding carboxylic acids is 1. The molecule has 1 fully saturated rings. The zero-order chi connectivity index (χ0) is 28.8. The number of ether oxygens (including phenoxy) is 2. The molecule has 0 saturated heterocycles. The Morgan fingerprint density at radius 3 is 2.49 bits per heavy atom. The molecule has 1 saturated carbocycles. The fourth-order valence-electron chi connectivity index (χ4n) is 4.48. The molecule has 0 bridgehead atoms. The van der Waals surface area contributed by atoms with Crippen molar-refractivity contribution in [3.8, 4) is 5.75 Å². The lowest BCUT2D eigenvalue weighted by molar-refractivity contribution is -0.290. The van der Waals surface area contributed by atoms with Crippen molar-refractivity contribution in [2.24, 2.45) is 16.6 Å². The summed E-state index contributed by atoms with van der Waals surface area (Å²) in [5.41, 5.74) is 2.53. The molecule has 2 unspecified atom stereocenters. The van der Waals surface area contributed by atoms with Gasteiger partial charge < -0.3 is 20.5 Å². The topological polar surface area (TPSA) is 98.8 Å². The zero-order valence-corrected chi connectivity index (χ0v) is 19.5. The van der Waals surface area contributed by atoms with Crippen LogP contribution in [0.1, 0.15) is 28.9 Å². The van der Waals surface area contributed by atoms with E-state index in [-0.39, 0.29) is 11.4 Å². The van der Waals surface area contributed by atoms with Gasteiger partial charge in [-0.25, -0.2) is 27.5 Å². The van der Waals surface area contributed by atoms with E-state index in [0.29, 0.717) is 0 Å². The molecule has 39 heavy (non-hydrogen) atoms. The molecule has 0 radical (unpaired) electrons. The molecule has 4 rings (SSSR count). The second-order valence-electron chi connectivity index (χ2n) is 9.05. The minimum Gasteiger partial charge on any atom is -0.485 e. The van der Waals surface area contributed by atoms with Crippen LogP contribution in [-0.4, -0.2) is 54.3 Å². The first kappa shape index (κ1) is 28.3. The summed E-state index contributed by atoms with van der Waals surface area (Å²) < 4.78 is 130. The molecule has 3 N–H and O–H groups in total. The summed E-state index contributed by atoms with van der Waals surface area (Å²) in [4.78, 5) is 20.1. The summed E-state index contributed by atoms with van der Waals surface area (Å²) in [7, 11) is 0. The number of amidine groups is 1. The molecule has 7 nitrogen and oxygen atoms in total. The maximum atomic E-state index is 14.9. The van der Waals surface area contributed by atoms with Gasteiger partial charge in [0.1, 0.15) is 35.6 Å². The van der Waals surface area contributed by atoms with E-state index in [1.54, 1.807) is 0 Å². The van der Waals surface area contributed by atoms with Crippen molar-refractivity contribution in [1.29, 1.82) is 0 Å². The molecule has 2 heterocycles. The van der Waals surface area contributed by atoms with Crippen LogP contribution < -0.4 is 15.8 Å². The number of hydrogen-bond acceptors (Lipinski definition) is 6. The number of halogens is 9. The number of anilines is 1. The Labute approximate surface area is 214 Å². The van der Waals surface area contributed by atoms with Crippen LogP contribution in [-0.2, 0) is 10.3 Å². The molecule has 212 valence electrons. The number of aromatic nitrogens is 1. The Balaban J connectivity index is 1.54. The van der Waals surface area contributed by atoms with Crippen molar-refractivity contribution < 1.29 is 53.8 Å².